The number of rotatable bonds is 5. The van der Waals surface area contributed by atoms with Gasteiger partial charge >= 0.3 is 0 Å². The van der Waals surface area contributed by atoms with Crippen LogP contribution in [0.25, 0.3) is 11.4 Å². The van der Waals surface area contributed by atoms with Crippen LogP contribution in [0.15, 0.2) is 28.8 Å². The number of likely N-dealkylation sites (tertiary alicyclic amines) is 1. The van der Waals surface area contributed by atoms with Crippen molar-refractivity contribution in [2.24, 2.45) is 5.92 Å². The summed E-state index contributed by atoms with van der Waals surface area (Å²) < 4.78 is 10.6. The molecule has 124 valence electrons. The van der Waals surface area contributed by atoms with Crippen molar-refractivity contribution in [3.05, 3.63) is 30.2 Å². The summed E-state index contributed by atoms with van der Waals surface area (Å²) >= 11 is 0. The zero-order chi connectivity index (χ0) is 16.2. The molecule has 2 heterocycles. The molecular formula is C17H23N3O3. The summed E-state index contributed by atoms with van der Waals surface area (Å²) in [5, 5.41) is 13.8. The maximum Gasteiger partial charge on any atom is 0.241 e. The molecule has 23 heavy (non-hydrogen) atoms. The number of aliphatic hydroxyl groups is 1. The molecule has 1 fully saturated rings. The molecule has 0 aliphatic carbocycles. The molecule has 6 nitrogen and oxygen atoms in total. The fraction of sp³-hybridized carbons (Fsp3) is 0.529. The van der Waals surface area contributed by atoms with Crippen LogP contribution in [0.2, 0.25) is 0 Å². The van der Waals surface area contributed by atoms with Gasteiger partial charge in [-0.2, -0.15) is 4.98 Å². The number of hydrogen-bond acceptors (Lipinski definition) is 6. The van der Waals surface area contributed by atoms with Crippen molar-refractivity contribution in [2.75, 3.05) is 20.2 Å². The number of aromatic nitrogens is 2. The number of nitrogens with zero attached hydrogens (tertiary/aromatic N) is 3. The third-order valence-corrected chi connectivity index (χ3v) is 4.38. The monoisotopic (exact) mass is 317 g/mol. The molecule has 0 radical (unpaired) electrons. The Kier molecular flexibility index (Phi) is 4.93. The standard InChI is InChI=1S/C17H23N3O3/c1-12(21)14-6-4-8-20(10-14)11-16-18-17(19-23-16)13-5-3-7-15(9-13)22-2/h3,5,7,9,12,14,21H,4,6,8,10-11H2,1-2H3. The van der Waals surface area contributed by atoms with Crippen molar-refractivity contribution in [3.63, 3.8) is 0 Å². The van der Waals surface area contributed by atoms with Crippen LogP contribution in [0.4, 0.5) is 0 Å². The lowest BCUT2D eigenvalue weighted by Crippen LogP contribution is -2.39. The first-order valence-electron chi connectivity index (χ1n) is 8.03. The number of hydrogen-bond donors (Lipinski definition) is 1. The second kappa shape index (κ2) is 7.10. The molecule has 1 aromatic carbocycles. The molecule has 0 saturated carbocycles. The van der Waals surface area contributed by atoms with Crippen molar-refractivity contribution in [2.45, 2.75) is 32.4 Å². The molecule has 3 rings (SSSR count). The molecular weight excluding hydrogens is 294 g/mol. The quantitative estimate of drug-likeness (QED) is 0.912. The minimum absolute atomic E-state index is 0.271. The maximum absolute atomic E-state index is 9.77. The highest BCUT2D eigenvalue weighted by Crippen LogP contribution is 2.23. The lowest BCUT2D eigenvalue weighted by molar-refractivity contribution is 0.0556. The topological polar surface area (TPSA) is 71.6 Å². The van der Waals surface area contributed by atoms with E-state index in [1.165, 1.54) is 0 Å². The van der Waals surface area contributed by atoms with Crippen LogP contribution >= 0.6 is 0 Å². The minimum Gasteiger partial charge on any atom is -0.497 e. The molecule has 1 aromatic heterocycles. The van der Waals surface area contributed by atoms with Crippen molar-refractivity contribution in [1.82, 2.24) is 15.0 Å². The van der Waals surface area contributed by atoms with Gasteiger partial charge in [0.05, 0.1) is 19.8 Å². The number of piperidine rings is 1. The van der Waals surface area contributed by atoms with Crippen molar-refractivity contribution in [1.29, 1.82) is 0 Å². The lowest BCUT2D eigenvalue weighted by atomic mass is 9.93. The minimum atomic E-state index is -0.271. The fourth-order valence-corrected chi connectivity index (χ4v) is 3.02. The molecule has 0 spiro atoms. The first-order valence-corrected chi connectivity index (χ1v) is 8.03. The van der Waals surface area contributed by atoms with E-state index in [0.29, 0.717) is 24.2 Å². The molecule has 2 unspecified atom stereocenters. The molecule has 2 aromatic rings. The van der Waals surface area contributed by atoms with Gasteiger partial charge in [-0.1, -0.05) is 17.3 Å². The van der Waals surface area contributed by atoms with Gasteiger partial charge in [0.15, 0.2) is 0 Å². The van der Waals surface area contributed by atoms with Crippen molar-refractivity contribution >= 4 is 0 Å². The van der Waals surface area contributed by atoms with E-state index in [1.54, 1.807) is 7.11 Å². The maximum atomic E-state index is 9.77. The zero-order valence-corrected chi connectivity index (χ0v) is 13.6. The fourth-order valence-electron chi connectivity index (χ4n) is 3.02. The van der Waals surface area contributed by atoms with Gasteiger partial charge in [0, 0.05) is 12.1 Å². The third kappa shape index (κ3) is 3.89. The van der Waals surface area contributed by atoms with E-state index >= 15 is 0 Å². The predicted molar refractivity (Wildman–Crippen MR) is 86.0 cm³/mol. The summed E-state index contributed by atoms with van der Waals surface area (Å²) in [6, 6.07) is 7.61. The van der Waals surface area contributed by atoms with E-state index in [1.807, 2.05) is 31.2 Å². The highest BCUT2D eigenvalue weighted by Gasteiger charge is 2.24. The second-order valence-electron chi connectivity index (χ2n) is 6.12. The summed E-state index contributed by atoms with van der Waals surface area (Å²) in [6.07, 6.45) is 1.90. The third-order valence-electron chi connectivity index (χ3n) is 4.38. The first kappa shape index (κ1) is 16.0. The second-order valence-corrected chi connectivity index (χ2v) is 6.12. The van der Waals surface area contributed by atoms with Gasteiger partial charge < -0.3 is 14.4 Å². The number of benzene rings is 1. The van der Waals surface area contributed by atoms with Crippen LogP contribution in [0.3, 0.4) is 0 Å². The molecule has 1 aliphatic rings. The first-order chi connectivity index (χ1) is 11.2. The van der Waals surface area contributed by atoms with Gasteiger partial charge in [-0.05, 0) is 44.4 Å². The van der Waals surface area contributed by atoms with E-state index < -0.39 is 0 Å². The van der Waals surface area contributed by atoms with Gasteiger partial charge in [0.1, 0.15) is 5.75 Å². The highest BCUT2D eigenvalue weighted by atomic mass is 16.5. The average Bonchev–Trinajstić information content (AvgIpc) is 3.03. The van der Waals surface area contributed by atoms with Gasteiger partial charge in [-0.25, -0.2) is 0 Å². The number of aliphatic hydroxyl groups excluding tert-OH is 1. The highest BCUT2D eigenvalue weighted by molar-refractivity contribution is 5.56. The average molecular weight is 317 g/mol. The van der Waals surface area contributed by atoms with Gasteiger partial charge in [0.2, 0.25) is 11.7 Å². The molecule has 0 amide bonds. The van der Waals surface area contributed by atoms with E-state index in [2.05, 4.69) is 15.0 Å². The molecule has 2 atom stereocenters. The SMILES string of the molecule is COc1cccc(-c2noc(CN3CCCC(C(C)O)C3)n2)c1. The molecule has 0 bridgehead atoms. The Morgan fingerprint density at radius 3 is 3.13 bits per heavy atom. The lowest BCUT2D eigenvalue weighted by Gasteiger charge is -2.33. The Morgan fingerprint density at radius 2 is 2.35 bits per heavy atom. The smallest absolute Gasteiger partial charge is 0.241 e. The Labute approximate surface area is 136 Å². The predicted octanol–water partition coefficient (Wildman–Crippen LogP) is 2.34. The van der Waals surface area contributed by atoms with Gasteiger partial charge in [-0.15, -0.1) is 0 Å². The summed E-state index contributed by atoms with van der Waals surface area (Å²) in [5.41, 5.74) is 0.875. The van der Waals surface area contributed by atoms with Crippen LogP contribution in [0.5, 0.6) is 5.75 Å². The van der Waals surface area contributed by atoms with Crippen LogP contribution in [-0.2, 0) is 6.54 Å². The van der Waals surface area contributed by atoms with E-state index in [9.17, 15) is 5.11 Å². The van der Waals surface area contributed by atoms with Crippen LogP contribution in [0.1, 0.15) is 25.7 Å². The number of methoxy groups -OCH3 is 1. The van der Waals surface area contributed by atoms with E-state index in [-0.39, 0.29) is 6.10 Å². The summed E-state index contributed by atoms with van der Waals surface area (Å²) in [4.78, 5) is 6.75. The van der Waals surface area contributed by atoms with Gasteiger partial charge in [0.25, 0.3) is 0 Å². The van der Waals surface area contributed by atoms with Crippen LogP contribution in [-0.4, -0.2) is 46.5 Å². The normalized spacial score (nSPS) is 20.4. The molecule has 1 saturated heterocycles. The Hall–Kier alpha value is -1.92. The Morgan fingerprint density at radius 1 is 1.48 bits per heavy atom. The summed E-state index contributed by atoms with van der Waals surface area (Å²) in [7, 11) is 1.63. The Balaban J connectivity index is 1.67. The molecule has 1 aliphatic heterocycles. The molecule has 6 heteroatoms. The largest absolute Gasteiger partial charge is 0.497 e. The zero-order valence-electron chi connectivity index (χ0n) is 13.6. The molecule has 1 N–H and O–H groups in total. The van der Waals surface area contributed by atoms with Crippen molar-refractivity contribution < 1.29 is 14.4 Å². The van der Waals surface area contributed by atoms with Crippen LogP contribution in [0, 0.1) is 5.92 Å². The Bertz CT molecular complexity index is 642. The van der Waals surface area contributed by atoms with E-state index in [0.717, 1.165) is 37.2 Å². The summed E-state index contributed by atoms with van der Waals surface area (Å²) in [5.74, 6) is 2.27. The summed E-state index contributed by atoms with van der Waals surface area (Å²) in [6.45, 7) is 4.36. The number of ether oxygens (including phenoxy) is 1. The van der Waals surface area contributed by atoms with Crippen LogP contribution < -0.4 is 4.74 Å². The van der Waals surface area contributed by atoms with Crippen molar-refractivity contribution in [3.8, 4) is 17.1 Å². The van der Waals surface area contributed by atoms with Gasteiger partial charge in [-0.3, -0.25) is 4.90 Å². The van der Waals surface area contributed by atoms with E-state index in [4.69, 9.17) is 9.26 Å².